The van der Waals surface area contributed by atoms with Gasteiger partial charge in [-0.25, -0.2) is 4.98 Å². The van der Waals surface area contributed by atoms with Crippen molar-refractivity contribution in [1.82, 2.24) is 9.97 Å². The van der Waals surface area contributed by atoms with Gasteiger partial charge in [-0.1, -0.05) is 0 Å². The van der Waals surface area contributed by atoms with Gasteiger partial charge >= 0.3 is 6.18 Å². The third-order valence-electron chi connectivity index (χ3n) is 2.68. The molecule has 1 aromatic carbocycles. The van der Waals surface area contributed by atoms with Crippen molar-refractivity contribution in [3.05, 3.63) is 38.9 Å². The maximum Gasteiger partial charge on any atom is 0.390 e. The van der Waals surface area contributed by atoms with E-state index in [1.54, 1.807) is 0 Å². The number of benzene rings is 1. The highest BCUT2D eigenvalue weighted by Gasteiger charge is 2.27. The van der Waals surface area contributed by atoms with Gasteiger partial charge in [0, 0.05) is 12.6 Å². The quantitative estimate of drug-likeness (QED) is 0.666. The SMILES string of the molecule is O=c1[nH]cnc2cc(NCCC(F)(F)F)c([N+](=O)[O-])cc12. The van der Waals surface area contributed by atoms with Gasteiger partial charge in [0.1, 0.15) is 5.69 Å². The Hall–Kier alpha value is -2.65. The van der Waals surface area contributed by atoms with Gasteiger partial charge in [0.05, 0.1) is 28.6 Å². The van der Waals surface area contributed by atoms with Crippen LogP contribution >= 0.6 is 0 Å². The number of fused-ring (bicyclic) bond motifs is 1. The molecule has 0 aliphatic carbocycles. The van der Waals surface area contributed by atoms with Crippen molar-refractivity contribution in [3.8, 4) is 0 Å². The molecule has 7 nitrogen and oxygen atoms in total. The van der Waals surface area contributed by atoms with Crippen LogP contribution in [0.15, 0.2) is 23.3 Å². The third kappa shape index (κ3) is 3.46. The molecule has 0 aliphatic rings. The molecule has 0 radical (unpaired) electrons. The van der Waals surface area contributed by atoms with Crippen LogP contribution in [0.2, 0.25) is 0 Å². The average Bonchev–Trinajstić information content (AvgIpc) is 2.36. The van der Waals surface area contributed by atoms with Gasteiger partial charge in [-0.15, -0.1) is 0 Å². The molecule has 21 heavy (non-hydrogen) atoms. The van der Waals surface area contributed by atoms with Crippen molar-refractivity contribution in [3.63, 3.8) is 0 Å². The molecule has 0 amide bonds. The van der Waals surface area contributed by atoms with Crippen LogP contribution in [-0.2, 0) is 0 Å². The van der Waals surface area contributed by atoms with E-state index in [-0.39, 0.29) is 16.6 Å². The number of alkyl halides is 3. The number of nitrogens with zero attached hydrogens (tertiary/aromatic N) is 2. The Balaban J connectivity index is 2.39. The maximum atomic E-state index is 12.1. The summed E-state index contributed by atoms with van der Waals surface area (Å²) in [6.45, 7) is -0.515. The molecule has 0 unspecified atom stereocenters. The number of aromatic amines is 1. The number of hydrogen-bond acceptors (Lipinski definition) is 5. The number of nitrogens with one attached hydrogen (secondary N) is 2. The Morgan fingerprint density at radius 2 is 2.10 bits per heavy atom. The van der Waals surface area contributed by atoms with Crippen LogP contribution in [0.5, 0.6) is 0 Å². The minimum Gasteiger partial charge on any atom is -0.379 e. The van der Waals surface area contributed by atoms with Crippen molar-refractivity contribution < 1.29 is 18.1 Å². The second kappa shape index (κ2) is 5.38. The summed E-state index contributed by atoms with van der Waals surface area (Å²) in [5, 5.41) is 13.3. The molecule has 0 aliphatic heterocycles. The van der Waals surface area contributed by atoms with E-state index in [9.17, 15) is 28.1 Å². The molecular formula is C11H9F3N4O3. The summed E-state index contributed by atoms with van der Waals surface area (Å²) in [4.78, 5) is 27.8. The first-order valence-corrected chi connectivity index (χ1v) is 5.74. The van der Waals surface area contributed by atoms with Crippen LogP contribution < -0.4 is 10.9 Å². The average molecular weight is 302 g/mol. The van der Waals surface area contributed by atoms with Gasteiger partial charge in [0.2, 0.25) is 0 Å². The maximum absolute atomic E-state index is 12.1. The Labute approximate surface area is 115 Å². The molecule has 10 heteroatoms. The number of halogens is 3. The molecule has 1 heterocycles. The Morgan fingerprint density at radius 3 is 2.71 bits per heavy atom. The zero-order valence-electron chi connectivity index (χ0n) is 10.4. The van der Waals surface area contributed by atoms with Gasteiger partial charge in [0.25, 0.3) is 11.2 Å². The molecule has 0 saturated carbocycles. The fourth-order valence-corrected chi connectivity index (χ4v) is 1.74. The van der Waals surface area contributed by atoms with Crippen LogP contribution in [-0.4, -0.2) is 27.6 Å². The summed E-state index contributed by atoms with van der Waals surface area (Å²) in [6, 6.07) is 2.16. The lowest BCUT2D eigenvalue weighted by atomic mass is 10.2. The zero-order chi connectivity index (χ0) is 15.6. The Morgan fingerprint density at radius 1 is 1.38 bits per heavy atom. The molecule has 0 bridgehead atoms. The van der Waals surface area contributed by atoms with Crippen LogP contribution in [0.4, 0.5) is 24.5 Å². The molecular weight excluding hydrogens is 293 g/mol. The summed E-state index contributed by atoms with van der Waals surface area (Å²) < 4.78 is 36.3. The van der Waals surface area contributed by atoms with E-state index in [0.29, 0.717) is 0 Å². The number of aromatic nitrogens is 2. The zero-order valence-corrected chi connectivity index (χ0v) is 10.4. The Bertz CT molecular complexity index is 742. The van der Waals surface area contributed by atoms with Crippen molar-refractivity contribution in [2.45, 2.75) is 12.6 Å². The van der Waals surface area contributed by atoms with Gasteiger partial charge in [0.15, 0.2) is 0 Å². The summed E-state index contributed by atoms with van der Waals surface area (Å²) in [7, 11) is 0. The van der Waals surface area contributed by atoms with Crippen molar-refractivity contribution in [2.75, 3.05) is 11.9 Å². The van der Waals surface area contributed by atoms with E-state index in [2.05, 4.69) is 15.3 Å². The standard InChI is InChI=1S/C11H9F3N4O3/c12-11(13,14)1-2-15-8-4-7-6(3-9(8)18(20)21)10(19)17-5-16-7/h3-5,15H,1-2H2,(H,16,17,19). The van der Waals surface area contributed by atoms with Crippen molar-refractivity contribution in [2.24, 2.45) is 0 Å². The fraction of sp³-hybridized carbons (Fsp3) is 0.273. The molecule has 0 spiro atoms. The van der Waals surface area contributed by atoms with Gasteiger partial charge in [-0.2, -0.15) is 13.2 Å². The van der Waals surface area contributed by atoms with Gasteiger partial charge in [-0.3, -0.25) is 14.9 Å². The normalized spacial score (nSPS) is 11.6. The summed E-state index contributed by atoms with van der Waals surface area (Å²) >= 11 is 0. The number of H-pyrrole nitrogens is 1. The van der Waals surface area contributed by atoms with Crippen molar-refractivity contribution in [1.29, 1.82) is 0 Å². The summed E-state index contributed by atoms with van der Waals surface area (Å²) in [5.74, 6) is 0. The van der Waals surface area contributed by atoms with E-state index < -0.39 is 35.3 Å². The molecule has 2 aromatic rings. The van der Waals surface area contributed by atoms with E-state index in [0.717, 1.165) is 12.4 Å². The Kier molecular flexibility index (Phi) is 3.78. The molecule has 0 saturated heterocycles. The van der Waals surface area contributed by atoms with E-state index in [1.165, 1.54) is 6.07 Å². The predicted molar refractivity (Wildman–Crippen MR) is 68.2 cm³/mol. The van der Waals surface area contributed by atoms with Gasteiger partial charge in [-0.05, 0) is 6.07 Å². The first kappa shape index (κ1) is 14.8. The number of nitro benzene ring substituents is 1. The number of hydrogen-bond donors (Lipinski definition) is 2. The first-order chi connectivity index (χ1) is 9.78. The van der Waals surface area contributed by atoms with Gasteiger partial charge < -0.3 is 10.3 Å². The molecule has 1 aromatic heterocycles. The van der Waals surface area contributed by atoms with E-state index >= 15 is 0 Å². The summed E-state index contributed by atoms with van der Waals surface area (Å²) in [5.41, 5.74) is -1.01. The second-order valence-electron chi connectivity index (χ2n) is 4.17. The van der Waals surface area contributed by atoms with Crippen molar-refractivity contribution >= 4 is 22.3 Å². The largest absolute Gasteiger partial charge is 0.390 e. The molecule has 0 atom stereocenters. The highest BCUT2D eigenvalue weighted by molar-refractivity contribution is 5.86. The number of nitro groups is 1. The summed E-state index contributed by atoms with van der Waals surface area (Å²) in [6.07, 6.45) is -4.39. The highest BCUT2D eigenvalue weighted by Crippen LogP contribution is 2.28. The number of anilines is 1. The van der Waals surface area contributed by atoms with E-state index in [4.69, 9.17) is 0 Å². The predicted octanol–water partition coefficient (Wildman–Crippen LogP) is 2.20. The van der Waals surface area contributed by atoms with Crippen LogP contribution in [0.25, 0.3) is 10.9 Å². The lowest BCUT2D eigenvalue weighted by Crippen LogP contribution is -2.15. The fourth-order valence-electron chi connectivity index (χ4n) is 1.74. The lowest BCUT2D eigenvalue weighted by molar-refractivity contribution is -0.383. The van der Waals surface area contributed by atoms with Crippen LogP contribution in [0, 0.1) is 10.1 Å². The molecule has 112 valence electrons. The minimum absolute atomic E-state index is 0.00873. The lowest BCUT2D eigenvalue weighted by Gasteiger charge is -2.09. The smallest absolute Gasteiger partial charge is 0.379 e. The van der Waals surface area contributed by atoms with Crippen LogP contribution in [0.1, 0.15) is 6.42 Å². The van der Waals surface area contributed by atoms with E-state index in [1.807, 2.05) is 0 Å². The third-order valence-corrected chi connectivity index (χ3v) is 2.68. The molecule has 2 N–H and O–H groups in total. The second-order valence-corrected chi connectivity index (χ2v) is 4.17. The topological polar surface area (TPSA) is 101 Å². The highest BCUT2D eigenvalue weighted by atomic mass is 19.4. The molecule has 0 fully saturated rings. The molecule has 2 rings (SSSR count). The number of rotatable bonds is 4. The monoisotopic (exact) mass is 302 g/mol. The van der Waals surface area contributed by atoms with Crippen LogP contribution in [0.3, 0.4) is 0 Å². The minimum atomic E-state index is -4.37. The first-order valence-electron chi connectivity index (χ1n) is 5.74.